The first-order chi connectivity index (χ1) is 8.88. The SMILES string of the molecule is CCC1C=C(CCCOCc2ccccc2)CO1. The van der Waals surface area contributed by atoms with Gasteiger partial charge in [-0.15, -0.1) is 0 Å². The first-order valence-electron chi connectivity index (χ1n) is 6.81. The van der Waals surface area contributed by atoms with Crippen molar-refractivity contribution >= 4 is 0 Å². The van der Waals surface area contributed by atoms with Gasteiger partial charge in [-0.1, -0.05) is 43.3 Å². The first-order valence-corrected chi connectivity index (χ1v) is 6.81. The molecule has 0 saturated heterocycles. The van der Waals surface area contributed by atoms with Gasteiger partial charge in [0, 0.05) is 6.61 Å². The minimum Gasteiger partial charge on any atom is -0.377 e. The van der Waals surface area contributed by atoms with E-state index in [1.807, 2.05) is 18.2 Å². The molecule has 1 atom stereocenters. The molecule has 0 aliphatic carbocycles. The third-order valence-corrected chi connectivity index (χ3v) is 3.20. The fraction of sp³-hybridized carbons (Fsp3) is 0.500. The standard InChI is InChI=1S/C16H22O2/c1-2-16-11-15(13-18-16)9-6-10-17-12-14-7-4-3-5-8-14/h3-5,7-8,11,16H,2,6,9-10,12-13H2,1H3. The zero-order valence-corrected chi connectivity index (χ0v) is 11.1. The molecule has 98 valence electrons. The van der Waals surface area contributed by atoms with Gasteiger partial charge in [0.15, 0.2) is 0 Å². The molecule has 1 aliphatic rings. The number of rotatable bonds is 7. The topological polar surface area (TPSA) is 18.5 Å². The summed E-state index contributed by atoms with van der Waals surface area (Å²) in [4.78, 5) is 0. The van der Waals surface area contributed by atoms with Gasteiger partial charge in [-0.3, -0.25) is 0 Å². The van der Waals surface area contributed by atoms with Crippen molar-refractivity contribution in [3.8, 4) is 0 Å². The molecule has 0 bridgehead atoms. The van der Waals surface area contributed by atoms with Crippen LogP contribution in [0.4, 0.5) is 0 Å². The molecule has 1 unspecified atom stereocenters. The van der Waals surface area contributed by atoms with E-state index in [1.54, 1.807) is 0 Å². The van der Waals surface area contributed by atoms with Gasteiger partial charge in [-0.05, 0) is 30.4 Å². The third-order valence-electron chi connectivity index (χ3n) is 3.20. The average Bonchev–Trinajstić information content (AvgIpc) is 2.87. The summed E-state index contributed by atoms with van der Waals surface area (Å²) in [6.07, 6.45) is 5.89. The van der Waals surface area contributed by atoms with E-state index in [9.17, 15) is 0 Å². The van der Waals surface area contributed by atoms with E-state index in [4.69, 9.17) is 9.47 Å². The van der Waals surface area contributed by atoms with Gasteiger partial charge in [0.25, 0.3) is 0 Å². The quantitative estimate of drug-likeness (QED) is 0.539. The highest BCUT2D eigenvalue weighted by molar-refractivity contribution is 5.13. The van der Waals surface area contributed by atoms with Crippen LogP contribution in [0.1, 0.15) is 31.7 Å². The van der Waals surface area contributed by atoms with Crippen molar-refractivity contribution in [2.75, 3.05) is 13.2 Å². The van der Waals surface area contributed by atoms with Crippen molar-refractivity contribution in [2.45, 2.75) is 38.9 Å². The maximum absolute atomic E-state index is 5.66. The van der Waals surface area contributed by atoms with Crippen molar-refractivity contribution in [1.82, 2.24) is 0 Å². The second-order valence-electron chi connectivity index (χ2n) is 4.72. The van der Waals surface area contributed by atoms with Crippen molar-refractivity contribution in [3.63, 3.8) is 0 Å². The maximum Gasteiger partial charge on any atom is 0.0761 e. The molecular weight excluding hydrogens is 224 g/mol. The predicted octanol–water partition coefficient (Wildman–Crippen LogP) is 3.72. The summed E-state index contributed by atoms with van der Waals surface area (Å²) in [6.45, 7) is 4.52. The first kappa shape index (κ1) is 13.3. The Kier molecular flexibility index (Phi) is 5.43. The summed E-state index contributed by atoms with van der Waals surface area (Å²) in [5.41, 5.74) is 2.68. The molecule has 1 aliphatic heterocycles. The molecule has 0 radical (unpaired) electrons. The van der Waals surface area contributed by atoms with Crippen LogP contribution in [-0.2, 0) is 16.1 Å². The zero-order valence-electron chi connectivity index (χ0n) is 11.1. The third kappa shape index (κ3) is 4.28. The lowest BCUT2D eigenvalue weighted by atomic mass is 10.1. The van der Waals surface area contributed by atoms with Crippen LogP contribution in [0.2, 0.25) is 0 Å². The molecule has 1 aromatic rings. The summed E-state index contributed by atoms with van der Waals surface area (Å²) in [7, 11) is 0. The van der Waals surface area contributed by atoms with Crippen LogP contribution in [0.25, 0.3) is 0 Å². The molecule has 0 amide bonds. The molecule has 0 N–H and O–H groups in total. The Morgan fingerprint density at radius 3 is 2.83 bits per heavy atom. The Balaban J connectivity index is 1.57. The molecule has 2 heteroatoms. The molecule has 2 nitrogen and oxygen atoms in total. The Bertz CT molecular complexity index is 370. The molecule has 0 spiro atoms. The van der Waals surface area contributed by atoms with Gasteiger partial charge in [0.1, 0.15) is 0 Å². The van der Waals surface area contributed by atoms with E-state index >= 15 is 0 Å². The van der Waals surface area contributed by atoms with Crippen LogP contribution in [-0.4, -0.2) is 19.3 Å². The Morgan fingerprint density at radius 1 is 1.28 bits per heavy atom. The van der Waals surface area contributed by atoms with Crippen molar-refractivity contribution in [1.29, 1.82) is 0 Å². The van der Waals surface area contributed by atoms with E-state index in [-0.39, 0.29) is 0 Å². The molecule has 0 aromatic heterocycles. The largest absolute Gasteiger partial charge is 0.377 e. The molecule has 2 rings (SSSR count). The van der Waals surface area contributed by atoms with E-state index in [2.05, 4.69) is 25.1 Å². The molecule has 1 heterocycles. The predicted molar refractivity (Wildman–Crippen MR) is 73.4 cm³/mol. The smallest absolute Gasteiger partial charge is 0.0761 e. The second kappa shape index (κ2) is 7.34. The Morgan fingerprint density at radius 2 is 2.11 bits per heavy atom. The maximum atomic E-state index is 5.66. The average molecular weight is 246 g/mol. The summed E-state index contributed by atoms with van der Waals surface area (Å²) in [5.74, 6) is 0. The lowest BCUT2D eigenvalue weighted by molar-refractivity contribution is 0.113. The minimum atomic E-state index is 0.352. The highest BCUT2D eigenvalue weighted by atomic mass is 16.5. The molecule has 18 heavy (non-hydrogen) atoms. The molecule has 1 aromatic carbocycles. The van der Waals surface area contributed by atoms with E-state index in [1.165, 1.54) is 11.1 Å². The molecular formula is C16H22O2. The number of ether oxygens (including phenoxy) is 2. The number of hydrogen-bond donors (Lipinski definition) is 0. The summed E-state index contributed by atoms with van der Waals surface area (Å²) in [5, 5.41) is 0. The van der Waals surface area contributed by atoms with Gasteiger partial charge in [0.2, 0.25) is 0 Å². The second-order valence-corrected chi connectivity index (χ2v) is 4.72. The Labute approximate surface area is 110 Å². The fourth-order valence-electron chi connectivity index (χ4n) is 2.13. The lowest BCUT2D eigenvalue weighted by Crippen LogP contribution is -2.00. The highest BCUT2D eigenvalue weighted by Gasteiger charge is 2.13. The van der Waals surface area contributed by atoms with Gasteiger partial charge < -0.3 is 9.47 Å². The fourth-order valence-corrected chi connectivity index (χ4v) is 2.13. The normalized spacial score (nSPS) is 18.9. The van der Waals surface area contributed by atoms with Crippen molar-refractivity contribution in [3.05, 3.63) is 47.5 Å². The highest BCUT2D eigenvalue weighted by Crippen LogP contribution is 2.18. The van der Waals surface area contributed by atoms with Gasteiger partial charge in [-0.2, -0.15) is 0 Å². The van der Waals surface area contributed by atoms with Crippen LogP contribution in [0.3, 0.4) is 0 Å². The van der Waals surface area contributed by atoms with Crippen LogP contribution in [0.5, 0.6) is 0 Å². The minimum absolute atomic E-state index is 0.352. The van der Waals surface area contributed by atoms with Crippen LogP contribution in [0, 0.1) is 0 Å². The molecule has 0 saturated carbocycles. The van der Waals surface area contributed by atoms with Gasteiger partial charge in [0.05, 0.1) is 19.3 Å². The van der Waals surface area contributed by atoms with Crippen molar-refractivity contribution in [2.24, 2.45) is 0 Å². The van der Waals surface area contributed by atoms with Crippen LogP contribution >= 0.6 is 0 Å². The summed E-state index contributed by atoms with van der Waals surface area (Å²) < 4.78 is 11.3. The van der Waals surface area contributed by atoms with Crippen LogP contribution in [0.15, 0.2) is 42.0 Å². The number of hydrogen-bond acceptors (Lipinski definition) is 2. The summed E-state index contributed by atoms with van der Waals surface area (Å²) in [6, 6.07) is 10.3. The van der Waals surface area contributed by atoms with Gasteiger partial charge in [-0.25, -0.2) is 0 Å². The Hall–Kier alpha value is -1.12. The van der Waals surface area contributed by atoms with E-state index < -0.39 is 0 Å². The van der Waals surface area contributed by atoms with E-state index in [0.29, 0.717) is 12.7 Å². The molecule has 0 fully saturated rings. The van der Waals surface area contributed by atoms with E-state index in [0.717, 1.165) is 32.5 Å². The summed E-state index contributed by atoms with van der Waals surface area (Å²) >= 11 is 0. The van der Waals surface area contributed by atoms with Gasteiger partial charge >= 0.3 is 0 Å². The number of benzene rings is 1. The monoisotopic (exact) mass is 246 g/mol. The van der Waals surface area contributed by atoms with Crippen LogP contribution < -0.4 is 0 Å². The zero-order chi connectivity index (χ0) is 12.6. The lowest BCUT2D eigenvalue weighted by Gasteiger charge is -2.04. The van der Waals surface area contributed by atoms with Crippen molar-refractivity contribution < 1.29 is 9.47 Å².